The van der Waals surface area contributed by atoms with Crippen molar-refractivity contribution in [3.05, 3.63) is 72.3 Å². The summed E-state index contributed by atoms with van der Waals surface area (Å²) in [7, 11) is 1.94. The van der Waals surface area contributed by atoms with Crippen LogP contribution < -0.4 is 5.32 Å². The topological polar surface area (TPSA) is 90.5 Å². The zero-order valence-corrected chi connectivity index (χ0v) is 14.1. The van der Waals surface area contributed by atoms with Gasteiger partial charge in [0.1, 0.15) is 12.2 Å². The summed E-state index contributed by atoms with van der Waals surface area (Å²) in [6.45, 7) is 0.315. The summed E-state index contributed by atoms with van der Waals surface area (Å²) < 4.78 is 3.42. The molecule has 0 aliphatic heterocycles. The number of tetrazole rings is 1. The molecule has 130 valence electrons. The average Bonchev–Trinajstić information content (AvgIpc) is 3.30. The fraction of sp³-hybridized carbons (Fsp3) is 0.167. The summed E-state index contributed by atoms with van der Waals surface area (Å²) in [5.74, 6) is 0.582. The third kappa shape index (κ3) is 2.92. The summed E-state index contributed by atoms with van der Waals surface area (Å²) in [5, 5.41) is 14.1. The maximum atomic E-state index is 12.9. The van der Waals surface area contributed by atoms with Crippen molar-refractivity contribution in [2.45, 2.75) is 12.6 Å². The van der Waals surface area contributed by atoms with Gasteiger partial charge in [0, 0.05) is 7.05 Å². The third-order valence-corrected chi connectivity index (χ3v) is 4.29. The highest BCUT2D eigenvalue weighted by atomic mass is 16.2. The second-order valence-electron chi connectivity index (χ2n) is 5.90. The molecule has 2 aromatic carbocycles. The van der Waals surface area contributed by atoms with Gasteiger partial charge in [-0.15, -0.1) is 5.10 Å². The Balaban J connectivity index is 1.58. The van der Waals surface area contributed by atoms with E-state index in [1.54, 1.807) is 0 Å². The lowest BCUT2D eigenvalue weighted by atomic mass is 10.1. The molecular weight excluding hydrogens is 330 g/mol. The van der Waals surface area contributed by atoms with Crippen LogP contribution in [0.5, 0.6) is 0 Å². The molecule has 0 unspecified atom stereocenters. The molecule has 0 aliphatic rings. The fourth-order valence-corrected chi connectivity index (χ4v) is 2.96. The van der Waals surface area contributed by atoms with Gasteiger partial charge in [-0.25, -0.2) is 9.67 Å². The number of hydrogen-bond acceptors (Lipinski definition) is 5. The number of benzene rings is 2. The van der Waals surface area contributed by atoms with Gasteiger partial charge in [0.05, 0.1) is 17.6 Å². The van der Waals surface area contributed by atoms with Crippen molar-refractivity contribution < 1.29 is 4.79 Å². The molecule has 8 heteroatoms. The second-order valence-corrected chi connectivity index (χ2v) is 5.90. The Morgan fingerprint density at radius 2 is 1.88 bits per heavy atom. The van der Waals surface area contributed by atoms with Gasteiger partial charge < -0.3 is 9.88 Å². The number of rotatable bonds is 5. The lowest BCUT2D eigenvalue weighted by Gasteiger charge is -2.16. The van der Waals surface area contributed by atoms with Crippen molar-refractivity contribution in [3.63, 3.8) is 0 Å². The smallest absolute Gasteiger partial charge is 0.249 e. The minimum Gasteiger partial charge on any atom is -0.347 e. The van der Waals surface area contributed by atoms with Crippen LogP contribution in [0.15, 0.2) is 60.9 Å². The second kappa shape index (κ2) is 6.75. The molecule has 2 aromatic heterocycles. The van der Waals surface area contributed by atoms with Gasteiger partial charge in [-0.3, -0.25) is 4.79 Å². The summed E-state index contributed by atoms with van der Waals surface area (Å²) in [6, 6.07) is 16.6. The minimum atomic E-state index is -0.638. The minimum absolute atomic E-state index is 0.199. The van der Waals surface area contributed by atoms with Crippen LogP contribution in [0.4, 0.5) is 0 Å². The van der Waals surface area contributed by atoms with Gasteiger partial charge in [-0.2, -0.15) is 0 Å². The lowest BCUT2D eigenvalue weighted by molar-refractivity contribution is -0.123. The maximum absolute atomic E-state index is 12.9. The van der Waals surface area contributed by atoms with Gasteiger partial charge in [0.15, 0.2) is 6.04 Å². The van der Waals surface area contributed by atoms with Crippen molar-refractivity contribution in [3.8, 4) is 0 Å². The van der Waals surface area contributed by atoms with E-state index in [2.05, 4.69) is 25.8 Å². The largest absolute Gasteiger partial charge is 0.347 e. The summed E-state index contributed by atoms with van der Waals surface area (Å²) in [4.78, 5) is 17.5. The third-order valence-electron chi connectivity index (χ3n) is 4.29. The highest BCUT2D eigenvalue weighted by molar-refractivity contribution is 5.83. The highest BCUT2D eigenvalue weighted by Gasteiger charge is 2.24. The van der Waals surface area contributed by atoms with E-state index in [1.165, 1.54) is 11.0 Å². The number of amides is 1. The molecule has 0 fully saturated rings. The predicted octanol–water partition coefficient (Wildman–Crippen LogP) is 1.47. The summed E-state index contributed by atoms with van der Waals surface area (Å²) >= 11 is 0. The number of nitrogens with zero attached hydrogens (tertiary/aromatic N) is 6. The van der Waals surface area contributed by atoms with Crippen molar-refractivity contribution in [2.75, 3.05) is 0 Å². The van der Waals surface area contributed by atoms with Gasteiger partial charge >= 0.3 is 0 Å². The highest BCUT2D eigenvalue weighted by Crippen LogP contribution is 2.18. The number of aromatic nitrogens is 6. The van der Waals surface area contributed by atoms with E-state index in [0.717, 1.165) is 22.4 Å². The first-order valence-corrected chi connectivity index (χ1v) is 8.19. The predicted molar refractivity (Wildman–Crippen MR) is 95.0 cm³/mol. The molecule has 0 radical (unpaired) electrons. The Hall–Kier alpha value is -3.55. The zero-order valence-electron chi connectivity index (χ0n) is 14.1. The number of imidazole rings is 1. The molecule has 8 nitrogen and oxygen atoms in total. The van der Waals surface area contributed by atoms with Gasteiger partial charge in [0.25, 0.3) is 0 Å². The van der Waals surface area contributed by atoms with E-state index in [1.807, 2.05) is 66.2 Å². The number of fused-ring (bicyclic) bond motifs is 1. The molecule has 1 amide bonds. The van der Waals surface area contributed by atoms with Crippen molar-refractivity contribution in [1.82, 2.24) is 35.1 Å². The van der Waals surface area contributed by atoms with Gasteiger partial charge in [-0.05, 0) is 28.1 Å². The molecule has 0 saturated heterocycles. The number of aryl methyl sites for hydroxylation is 1. The number of para-hydroxylation sites is 2. The van der Waals surface area contributed by atoms with Crippen molar-refractivity contribution in [1.29, 1.82) is 0 Å². The quantitative estimate of drug-likeness (QED) is 0.590. The maximum Gasteiger partial charge on any atom is 0.249 e. The van der Waals surface area contributed by atoms with E-state index in [-0.39, 0.29) is 5.91 Å². The molecule has 0 spiro atoms. The van der Waals surface area contributed by atoms with Crippen LogP contribution in [0.2, 0.25) is 0 Å². The van der Waals surface area contributed by atoms with Crippen molar-refractivity contribution in [2.24, 2.45) is 7.05 Å². The first kappa shape index (κ1) is 15.9. The molecule has 0 aliphatic carbocycles. The van der Waals surface area contributed by atoms with E-state index in [9.17, 15) is 4.79 Å². The van der Waals surface area contributed by atoms with E-state index < -0.39 is 6.04 Å². The fourth-order valence-electron chi connectivity index (χ4n) is 2.96. The van der Waals surface area contributed by atoms with Crippen LogP contribution in [-0.2, 0) is 18.4 Å². The Kier molecular flexibility index (Phi) is 4.14. The standard InChI is InChI=1S/C18H17N7O/c1-24-15-10-6-5-9-14(15)21-16(24)11-19-18(26)17(25-12-20-22-23-25)13-7-3-2-4-8-13/h2-10,12,17H,11H2,1H3,(H,19,26)/t17-/m1/s1. The molecule has 4 rings (SSSR count). The molecule has 26 heavy (non-hydrogen) atoms. The van der Waals surface area contributed by atoms with Crippen LogP contribution >= 0.6 is 0 Å². The molecule has 0 bridgehead atoms. The van der Waals surface area contributed by atoms with Crippen LogP contribution in [-0.4, -0.2) is 35.7 Å². The van der Waals surface area contributed by atoms with Crippen LogP contribution in [0.3, 0.4) is 0 Å². The molecule has 1 atom stereocenters. The normalized spacial score (nSPS) is 12.2. The Morgan fingerprint density at radius 1 is 1.12 bits per heavy atom. The number of nitrogens with one attached hydrogen (secondary N) is 1. The average molecular weight is 347 g/mol. The van der Waals surface area contributed by atoms with E-state index in [0.29, 0.717) is 6.54 Å². The first-order chi connectivity index (χ1) is 12.7. The first-order valence-electron chi connectivity index (χ1n) is 8.19. The van der Waals surface area contributed by atoms with E-state index >= 15 is 0 Å². The molecule has 2 heterocycles. The molecule has 4 aromatic rings. The zero-order chi connectivity index (χ0) is 17.9. The number of carbonyl (C=O) groups is 1. The van der Waals surface area contributed by atoms with Gasteiger partial charge in [-0.1, -0.05) is 42.5 Å². The summed E-state index contributed by atoms with van der Waals surface area (Å²) in [6.07, 6.45) is 1.44. The Morgan fingerprint density at radius 3 is 2.62 bits per heavy atom. The van der Waals surface area contributed by atoms with Crippen molar-refractivity contribution >= 4 is 16.9 Å². The van der Waals surface area contributed by atoms with Crippen LogP contribution in [0, 0.1) is 0 Å². The summed E-state index contributed by atoms with van der Waals surface area (Å²) in [5.41, 5.74) is 2.73. The molecular formula is C18H17N7O. The number of hydrogen-bond donors (Lipinski definition) is 1. The lowest BCUT2D eigenvalue weighted by Crippen LogP contribution is -2.34. The van der Waals surface area contributed by atoms with Crippen LogP contribution in [0.25, 0.3) is 11.0 Å². The number of carbonyl (C=O) groups excluding carboxylic acids is 1. The van der Waals surface area contributed by atoms with E-state index in [4.69, 9.17) is 0 Å². The van der Waals surface area contributed by atoms with Gasteiger partial charge in [0.2, 0.25) is 5.91 Å². The van der Waals surface area contributed by atoms with Crippen LogP contribution in [0.1, 0.15) is 17.4 Å². The molecule has 1 N–H and O–H groups in total. The molecule has 0 saturated carbocycles. The SMILES string of the molecule is Cn1c(CNC(=O)[C@@H](c2ccccc2)n2cnnn2)nc2ccccc21. The Labute approximate surface area is 149 Å². The monoisotopic (exact) mass is 347 g/mol. The Bertz CT molecular complexity index is 1020.